The predicted molar refractivity (Wildman–Crippen MR) is 82.2 cm³/mol. The number of carbonyl (C=O) groups excluding carboxylic acids is 1. The van der Waals surface area contributed by atoms with Crippen molar-refractivity contribution >= 4 is 5.97 Å². The Balaban J connectivity index is 2.08. The van der Waals surface area contributed by atoms with Gasteiger partial charge in [0.15, 0.2) is 0 Å². The first-order valence-electron chi connectivity index (χ1n) is 7.33. The number of hydrogen-bond donors (Lipinski definition) is 0. The molecule has 110 valence electrons. The zero-order valence-corrected chi connectivity index (χ0v) is 13.4. The second-order valence-electron chi connectivity index (χ2n) is 7.26. The average Bonchev–Trinajstić information content (AvgIpc) is 2.58. The Hall–Kier alpha value is -1.31. The molecule has 1 atom stereocenters. The van der Waals surface area contributed by atoms with E-state index in [1.54, 1.807) is 0 Å². The van der Waals surface area contributed by atoms with Gasteiger partial charge in [-0.2, -0.15) is 0 Å². The third kappa shape index (κ3) is 2.06. The molecule has 2 aliphatic rings. The van der Waals surface area contributed by atoms with Gasteiger partial charge in [-0.3, -0.25) is 4.79 Å². The number of rotatable bonds is 4. The monoisotopic (exact) mass is 274 g/mol. The Morgan fingerprint density at radius 2 is 1.90 bits per heavy atom. The topological polar surface area (TPSA) is 26.3 Å². The SMILES string of the molecule is C=CCC1=C(C)[C@H](OC(=O)C2C(C)(C)C2(C)C)CC1=C. The van der Waals surface area contributed by atoms with Gasteiger partial charge < -0.3 is 4.74 Å². The molecule has 1 saturated carbocycles. The van der Waals surface area contributed by atoms with E-state index in [1.807, 2.05) is 13.0 Å². The average molecular weight is 274 g/mol. The third-order valence-electron chi connectivity index (χ3n) is 5.68. The molecule has 2 heteroatoms. The van der Waals surface area contributed by atoms with Crippen LogP contribution in [0.1, 0.15) is 47.5 Å². The largest absolute Gasteiger partial charge is 0.457 e. The first-order valence-corrected chi connectivity index (χ1v) is 7.33. The molecule has 0 aromatic heterocycles. The second-order valence-corrected chi connectivity index (χ2v) is 7.26. The fourth-order valence-corrected chi connectivity index (χ4v) is 3.55. The second kappa shape index (κ2) is 4.61. The molecule has 0 aliphatic heterocycles. The molecule has 1 fully saturated rings. The summed E-state index contributed by atoms with van der Waals surface area (Å²) in [5.41, 5.74) is 3.48. The van der Waals surface area contributed by atoms with Gasteiger partial charge in [0.2, 0.25) is 0 Å². The van der Waals surface area contributed by atoms with Crippen LogP contribution < -0.4 is 0 Å². The minimum Gasteiger partial charge on any atom is -0.457 e. The highest BCUT2D eigenvalue weighted by Gasteiger charge is 2.69. The van der Waals surface area contributed by atoms with Crippen LogP contribution in [0.3, 0.4) is 0 Å². The van der Waals surface area contributed by atoms with E-state index < -0.39 is 0 Å². The van der Waals surface area contributed by atoms with Crippen molar-refractivity contribution in [3.63, 3.8) is 0 Å². The number of esters is 1. The molecule has 0 bridgehead atoms. The third-order valence-corrected chi connectivity index (χ3v) is 5.68. The van der Waals surface area contributed by atoms with E-state index in [1.165, 1.54) is 5.57 Å². The molecular weight excluding hydrogens is 248 g/mol. The van der Waals surface area contributed by atoms with Crippen LogP contribution in [0.25, 0.3) is 0 Å². The van der Waals surface area contributed by atoms with E-state index in [0.717, 1.165) is 24.0 Å². The molecule has 2 aliphatic carbocycles. The number of allylic oxidation sites excluding steroid dienone is 2. The Morgan fingerprint density at radius 1 is 1.35 bits per heavy atom. The maximum absolute atomic E-state index is 12.4. The molecule has 20 heavy (non-hydrogen) atoms. The van der Waals surface area contributed by atoms with Crippen LogP contribution in [-0.2, 0) is 9.53 Å². The fraction of sp³-hybridized carbons (Fsp3) is 0.611. The summed E-state index contributed by atoms with van der Waals surface area (Å²) < 4.78 is 5.77. The van der Waals surface area contributed by atoms with E-state index in [2.05, 4.69) is 40.9 Å². The van der Waals surface area contributed by atoms with E-state index in [4.69, 9.17) is 4.74 Å². The highest BCUT2D eigenvalue weighted by molar-refractivity contribution is 5.79. The molecule has 0 radical (unpaired) electrons. The highest BCUT2D eigenvalue weighted by atomic mass is 16.5. The van der Waals surface area contributed by atoms with Crippen LogP contribution in [0.4, 0.5) is 0 Å². The normalized spacial score (nSPS) is 27.6. The molecule has 0 N–H and O–H groups in total. The van der Waals surface area contributed by atoms with Crippen LogP contribution in [0, 0.1) is 16.7 Å². The van der Waals surface area contributed by atoms with Crippen molar-refractivity contribution in [2.24, 2.45) is 16.7 Å². The van der Waals surface area contributed by atoms with Crippen molar-refractivity contribution in [2.75, 3.05) is 0 Å². The van der Waals surface area contributed by atoms with Gasteiger partial charge in [0.05, 0.1) is 5.92 Å². The lowest BCUT2D eigenvalue weighted by Crippen LogP contribution is -2.20. The summed E-state index contributed by atoms with van der Waals surface area (Å²) in [5, 5.41) is 0. The smallest absolute Gasteiger partial charge is 0.310 e. The minimum absolute atomic E-state index is 0.000445. The summed E-state index contributed by atoms with van der Waals surface area (Å²) in [4.78, 5) is 12.4. The number of ether oxygens (including phenoxy) is 1. The van der Waals surface area contributed by atoms with Crippen LogP contribution in [-0.4, -0.2) is 12.1 Å². The predicted octanol–water partition coefficient (Wildman–Crippen LogP) is 4.43. The molecule has 2 rings (SSSR count). The quantitative estimate of drug-likeness (QED) is 0.560. The van der Waals surface area contributed by atoms with Gasteiger partial charge in [-0.05, 0) is 40.9 Å². The van der Waals surface area contributed by atoms with Gasteiger partial charge in [-0.25, -0.2) is 0 Å². The van der Waals surface area contributed by atoms with Crippen molar-refractivity contribution in [3.8, 4) is 0 Å². The molecule has 0 saturated heterocycles. The molecule has 0 amide bonds. The summed E-state index contributed by atoms with van der Waals surface area (Å²) in [6.07, 6.45) is 3.28. The summed E-state index contributed by atoms with van der Waals surface area (Å²) in [6, 6.07) is 0. The van der Waals surface area contributed by atoms with Gasteiger partial charge in [-0.15, -0.1) is 6.58 Å². The highest BCUT2D eigenvalue weighted by Crippen LogP contribution is 2.68. The first kappa shape index (κ1) is 15.1. The van der Waals surface area contributed by atoms with E-state index >= 15 is 0 Å². The first-order chi connectivity index (χ1) is 9.14. The summed E-state index contributed by atoms with van der Waals surface area (Å²) in [5.74, 6) is -0.0588. The lowest BCUT2D eigenvalue weighted by atomic mass is 10.0. The van der Waals surface area contributed by atoms with Crippen LogP contribution in [0.15, 0.2) is 36.0 Å². The lowest BCUT2D eigenvalue weighted by molar-refractivity contribution is -0.150. The van der Waals surface area contributed by atoms with Gasteiger partial charge in [0.1, 0.15) is 6.10 Å². The van der Waals surface area contributed by atoms with Crippen LogP contribution in [0.5, 0.6) is 0 Å². The summed E-state index contributed by atoms with van der Waals surface area (Å²) in [6.45, 7) is 18.4. The maximum Gasteiger partial charge on any atom is 0.310 e. The molecule has 2 nitrogen and oxygen atoms in total. The van der Waals surface area contributed by atoms with Crippen molar-refractivity contribution in [3.05, 3.63) is 36.0 Å². The van der Waals surface area contributed by atoms with Crippen molar-refractivity contribution in [1.29, 1.82) is 0 Å². The summed E-state index contributed by atoms with van der Waals surface area (Å²) >= 11 is 0. The van der Waals surface area contributed by atoms with Crippen molar-refractivity contribution < 1.29 is 9.53 Å². The molecule has 0 aromatic rings. The fourth-order valence-electron chi connectivity index (χ4n) is 3.55. The van der Waals surface area contributed by atoms with E-state index in [-0.39, 0.29) is 28.8 Å². The molecular formula is C18H26O2. The van der Waals surface area contributed by atoms with Crippen LogP contribution >= 0.6 is 0 Å². The molecule has 0 aromatic carbocycles. The lowest BCUT2D eigenvalue weighted by Gasteiger charge is -2.14. The van der Waals surface area contributed by atoms with Gasteiger partial charge in [0, 0.05) is 6.42 Å². The zero-order chi connectivity index (χ0) is 15.3. The Morgan fingerprint density at radius 3 is 2.35 bits per heavy atom. The van der Waals surface area contributed by atoms with E-state index in [0.29, 0.717) is 0 Å². The number of hydrogen-bond acceptors (Lipinski definition) is 2. The van der Waals surface area contributed by atoms with Gasteiger partial charge >= 0.3 is 5.97 Å². The molecule has 0 spiro atoms. The minimum atomic E-state index is -0.128. The van der Waals surface area contributed by atoms with E-state index in [9.17, 15) is 4.79 Å². The van der Waals surface area contributed by atoms with Gasteiger partial charge in [-0.1, -0.05) is 40.3 Å². The summed E-state index contributed by atoms with van der Waals surface area (Å²) in [7, 11) is 0. The number of carbonyl (C=O) groups is 1. The Bertz CT molecular complexity index is 492. The molecule has 0 unspecified atom stereocenters. The van der Waals surface area contributed by atoms with Crippen LogP contribution in [0.2, 0.25) is 0 Å². The zero-order valence-electron chi connectivity index (χ0n) is 13.4. The van der Waals surface area contributed by atoms with Gasteiger partial charge in [0.25, 0.3) is 0 Å². The Kier molecular flexibility index (Phi) is 3.48. The molecule has 0 heterocycles. The maximum atomic E-state index is 12.4. The Labute approximate surface area is 122 Å². The van der Waals surface area contributed by atoms with Crippen molar-refractivity contribution in [2.45, 2.75) is 53.6 Å². The van der Waals surface area contributed by atoms with Crippen molar-refractivity contribution in [1.82, 2.24) is 0 Å². The standard InChI is InChI=1S/C18H26O2/c1-8-9-13-11(2)10-14(12(13)3)20-16(19)15-17(4,5)18(15,6)7/h8,14-15H,1-2,9-10H2,3-7H3/t14-/m1/s1.